The number of nitrogens with two attached hydrogens (primary N) is 1. The molecule has 4 atom stereocenters. The number of fused-ring (bicyclic) bond motifs is 2. The van der Waals surface area contributed by atoms with E-state index in [-0.39, 0.29) is 24.1 Å². The van der Waals surface area contributed by atoms with E-state index < -0.39 is 12.1 Å². The summed E-state index contributed by atoms with van der Waals surface area (Å²) in [4.78, 5) is 23.7. The third-order valence-corrected chi connectivity index (χ3v) is 5.07. The lowest BCUT2D eigenvalue weighted by atomic mass is 9.96. The van der Waals surface area contributed by atoms with Crippen LogP contribution < -0.4 is 15.2 Å². The molecule has 4 unspecified atom stereocenters. The van der Waals surface area contributed by atoms with Gasteiger partial charge in [0.15, 0.2) is 23.4 Å². The Morgan fingerprint density at radius 1 is 1.29 bits per heavy atom. The van der Waals surface area contributed by atoms with Crippen LogP contribution in [0.4, 0.5) is 0 Å². The summed E-state index contributed by atoms with van der Waals surface area (Å²) in [6, 6.07) is 4.80. The van der Waals surface area contributed by atoms with Gasteiger partial charge in [-0.3, -0.25) is 9.59 Å². The number of hydrogen-bond donors (Lipinski definition) is 1. The Kier molecular flexibility index (Phi) is 4.76. The molecular formula is C18H23NO5. The van der Waals surface area contributed by atoms with Gasteiger partial charge in [-0.25, -0.2) is 0 Å². The van der Waals surface area contributed by atoms with Crippen molar-refractivity contribution < 1.29 is 23.8 Å². The molecule has 2 bridgehead atoms. The minimum absolute atomic E-state index is 0.0787. The van der Waals surface area contributed by atoms with E-state index in [0.29, 0.717) is 17.4 Å². The molecule has 6 heteroatoms. The highest BCUT2D eigenvalue weighted by Crippen LogP contribution is 2.45. The zero-order chi connectivity index (χ0) is 17.3. The molecule has 1 aromatic carbocycles. The van der Waals surface area contributed by atoms with Crippen molar-refractivity contribution in [2.75, 3.05) is 14.2 Å². The lowest BCUT2D eigenvalue weighted by molar-refractivity contribution is -0.141. The molecule has 24 heavy (non-hydrogen) atoms. The number of hydrogen-bond acceptors (Lipinski definition) is 6. The molecule has 0 amide bonds. The van der Waals surface area contributed by atoms with Gasteiger partial charge in [-0.05, 0) is 37.0 Å². The second-order valence-corrected chi connectivity index (χ2v) is 6.51. The number of rotatable bonds is 6. The number of esters is 1. The van der Waals surface area contributed by atoms with E-state index in [0.717, 1.165) is 24.8 Å². The van der Waals surface area contributed by atoms with Gasteiger partial charge < -0.3 is 19.9 Å². The molecule has 2 fully saturated rings. The molecular weight excluding hydrogens is 310 g/mol. The first-order valence-corrected chi connectivity index (χ1v) is 8.24. The molecule has 0 aromatic heterocycles. The fraction of sp³-hybridized carbons (Fsp3) is 0.556. The number of carbonyl (C=O) groups excluding carboxylic acids is 2. The summed E-state index contributed by atoms with van der Waals surface area (Å²) in [5.41, 5.74) is 6.81. The second-order valence-electron chi connectivity index (χ2n) is 6.51. The Balaban J connectivity index is 1.79. The smallest absolute Gasteiger partial charge is 0.307 e. The maximum absolute atomic E-state index is 12.3. The van der Waals surface area contributed by atoms with Gasteiger partial charge in [0.1, 0.15) is 0 Å². The molecule has 1 aromatic rings. The standard InChI is InChI=1S/C18H23NO5/c1-22-14-6-5-10(13(19)9-16(20)23-2)8-15(14)24-18-12-4-3-11(7-12)17(18)21/h5-6,8,11-13,18H,3-4,7,9,19H2,1-2H3. The minimum atomic E-state index is -0.499. The van der Waals surface area contributed by atoms with Gasteiger partial charge in [-0.1, -0.05) is 6.07 Å². The van der Waals surface area contributed by atoms with Crippen molar-refractivity contribution in [2.24, 2.45) is 17.6 Å². The van der Waals surface area contributed by atoms with Crippen LogP contribution >= 0.6 is 0 Å². The van der Waals surface area contributed by atoms with Crippen molar-refractivity contribution in [2.45, 2.75) is 37.8 Å². The Morgan fingerprint density at radius 2 is 2.08 bits per heavy atom. The predicted molar refractivity (Wildman–Crippen MR) is 86.8 cm³/mol. The zero-order valence-corrected chi connectivity index (χ0v) is 14.0. The lowest BCUT2D eigenvalue weighted by Crippen LogP contribution is -2.33. The molecule has 6 nitrogen and oxygen atoms in total. The van der Waals surface area contributed by atoms with Gasteiger partial charge in [0.25, 0.3) is 0 Å². The first kappa shape index (κ1) is 16.8. The largest absolute Gasteiger partial charge is 0.493 e. The van der Waals surface area contributed by atoms with Crippen LogP contribution in [0.3, 0.4) is 0 Å². The topological polar surface area (TPSA) is 87.8 Å². The number of ether oxygens (including phenoxy) is 3. The second kappa shape index (κ2) is 6.81. The van der Waals surface area contributed by atoms with Gasteiger partial charge in [-0.2, -0.15) is 0 Å². The van der Waals surface area contributed by atoms with Crippen molar-refractivity contribution in [3.63, 3.8) is 0 Å². The predicted octanol–water partition coefficient (Wildman–Crippen LogP) is 2.00. The monoisotopic (exact) mass is 333 g/mol. The van der Waals surface area contributed by atoms with Crippen LogP contribution in [0.15, 0.2) is 18.2 Å². The minimum Gasteiger partial charge on any atom is -0.493 e. The molecule has 0 radical (unpaired) electrons. The first-order valence-electron chi connectivity index (χ1n) is 8.24. The maximum atomic E-state index is 12.3. The normalized spacial score (nSPS) is 26.3. The Hall–Kier alpha value is -2.08. The first-order chi connectivity index (χ1) is 11.5. The Morgan fingerprint density at radius 3 is 2.71 bits per heavy atom. The van der Waals surface area contributed by atoms with E-state index >= 15 is 0 Å². The van der Waals surface area contributed by atoms with Crippen LogP contribution in [-0.2, 0) is 14.3 Å². The van der Waals surface area contributed by atoms with E-state index in [1.54, 1.807) is 25.3 Å². The van der Waals surface area contributed by atoms with Crippen LogP contribution in [0.5, 0.6) is 11.5 Å². The Labute approximate surface area is 141 Å². The third kappa shape index (κ3) is 3.11. The van der Waals surface area contributed by atoms with Crippen molar-refractivity contribution >= 4 is 11.8 Å². The molecule has 0 saturated heterocycles. The summed E-state index contributed by atoms with van der Waals surface area (Å²) in [7, 11) is 2.89. The SMILES string of the molecule is COC(=O)CC(N)c1ccc(OC)c(OC2C(=O)C3CCC2C3)c1. The molecule has 130 valence electrons. The summed E-state index contributed by atoms with van der Waals surface area (Å²) < 4.78 is 16.0. The molecule has 2 aliphatic carbocycles. The van der Waals surface area contributed by atoms with Gasteiger partial charge >= 0.3 is 5.97 Å². The van der Waals surface area contributed by atoms with E-state index in [1.165, 1.54) is 7.11 Å². The highest BCUT2D eigenvalue weighted by Gasteiger charge is 2.48. The Bertz CT molecular complexity index is 644. The van der Waals surface area contributed by atoms with Crippen LogP contribution in [0.25, 0.3) is 0 Å². The van der Waals surface area contributed by atoms with Gasteiger partial charge in [0, 0.05) is 17.9 Å². The number of benzene rings is 1. The van der Waals surface area contributed by atoms with Crippen LogP contribution in [0, 0.1) is 11.8 Å². The van der Waals surface area contributed by atoms with Gasteiger partial charge in [0.2, 0.25) is 0 Å². The average molecular weight is 333 g/mol. The van der Waals surface area contributed by atoms with E-state index in [4.69, 9.17) is 15.2 Å². The lowest BCUT2D eigenvalue weighted by Gasteiger charge is -2.23. The molecule has 3 rings (SSSR count). The molecule has 2 saturated carbocycles. The summed E-state index contributed by atoms with van der Waals surface area (Å²) in [6.07, 6.45) is 2.61. The summed E-state index contributed by atoms with van der Waals surface area (Å²) in [6.45, 7) is 0. The summed E-state index contributed by atoms with van der Waals surface area (Å²) >= 11 is 0. The molecule has 2 N–H and O–H groups in total. The van der Waals surface area contributed by atoms with Crippen LogP contribution in [0.1, 0.15) is 37.3 Å². The fourth-order valence-corrected chi connectivity index (χ4v) is 3.70. The molecule has 2 aliphatic rings. The van der Waals surface area contributed by atoms with E-state index in [9.17, 15) is 9.59 Å². The van der Waals surface area contributed by atoms with Crippen LogP contribution in [0.2, 0.25) is 0 Å². The number of Topliss-reactive ketones (excluding diaryl/α,β-unsaturated/α-hetero) is 1. The summed E-state index contributed by atoms with van der Waals surface area (Å²) in [5, 5.41) is 0. The van der Waals surface area contributed by atoms with Gasteiger partial charge in [-0.15, -0.1) is 0 Å². The van der Waals surface area contributed by atoms with Crippen molar-refractivity contribution in [1.82, 2.24) is 0 Å². The number of ketones is 1. The van der Waals surface area contributed by atoms with Crippen molar-refractivity contribution in [1.29, 1.82) is 0 Å². The number of carbonyl (C=O) groups is 2. The fourth-order valence-electron chi connectivity index (χ4n) is 3.70. The van der Waals surface area contributed by atoms with E-state index in [1.807, 2.05) is 0 Å². The van der Waals surface area contributed by atoms with Crippen molar-refractivity contribution in [3.8, 4) is 11.5 Å². The number of methoxy groups -OCH3 is 2. The summed E-state index contributed by atoms with van der Waals surface area (Å²) in [5.74, 6) is 1.32. The highest BCUT2D eigenvalue weighted by molar-refractivity contribution is 5.89. The quantitative estimate of drug-likeness (QED) is 0.801. The average Bonchev–Trinajstić information content (AvgIpc) is 3.17. The molecule has 0 aliphatic heterocycles. The highest BCUT2D eigenvalue weighted by atomic mass is 16.5. The third-order valence-electron chi connectivity index (χ3n) is 5.07. The van der Waals surface area contributed by atoms with Crippen molar-refractivity contribution in [3.05, 3.63) is 23.8 Å². The zero-order valence-electron chi connectivity index (χ0n) is 14.0. The molecule has 0 spiro atoms. The molecule has 0 heterocycles. The van der Waals surface area contributed by atoms with Gasteiger partial charge in [0.05, 0.1) is 20.6 Å². The van der Waals surface area contributed by atoms with Crippen LogP contribution in [-0.4, -0.2) is 32.1 Å². The van der Waals surface area contributed by atoms with E-state index in [2.05, 4.69) is 4.74 Å². The maximum Gasteiger partial charge on any atom is 0.307 e.